The quantitative estimate of drug-likeness (QED) is 0.416. The van der Waals surface area contributed by atoms with Gasteiger partial charge in [-0.2, -0.15) is 15.0 Å². The number of rotatable bonds is 6. The van der Waals surface area contributed by atoms with Crippen LogP contribution in [0.1, 0.15) is 30.3 Å². The minimum absolute atomic E-state index is 0.0987. The Kier molecular flexibility index (Phi) is 8.65. The average Bonchev–Trinajstić information content (AvgIpc) is 3.33. The number of ether oxygens (including phenoxy) is 2. The molecule has 7 rings (SSSR count). The average molecular weight is 629 g/mol. The molecule has 4 saturated heterocycles. The summed E-state index contributed by atoms with van der Waals surface area (Å²) in [6.07, 6.45) is 3.62. The van der Waals surface area contributed by atoms with Crippen LogP contribution >= 0.6 is 0 Å². The van der Waals surface area contributed by atoms with Crippen molar-refractivity contribution in [3.8, 4) is 11.4 Å². The molecule has 242 valence electrons. The molecule has 3 aromatic rings. The number of pyridine rings is 1. The molecule has 2 N–H and O–H groups in total. The van der Waals surface area contributed by atoms with Gasteiger partial charge in [0.2, 0.25) is 11.9 Å². The predicted octanol–water partition coefficient (Wildman–Crippen LogP) is 2.56. The SMILES string of the molecule is C[C@@H]1COCCN1c1nc(-c2ccc(NC(=O)Nc3ccc(C(=O)N4CCN(C)CC4)nc3)cc2)nc(N2C3CCC2COC3)n1. The van der Waals surface area contributed by atoms with Crippen LogP contribution in [-0.4, -0.2) is 126 Å². The van der Waals surface area contributed by atoms with Crippen molar-refractivity contribution in [3.05, 3.63) is 48.3 Å². The van der Waals surface area contributed by atoms with Gasteiger partial charge in [0.05, 0.1) is 56.4 Å². The lowest BCUT2D eigenvalue weighted by atomic mass is 10.2. The summed E-state index contributed by atoms with van der Waals surface area (Å²) < 4.78 is 11.5. The van der Waals surface area contributed by atoms with Gasteiger partial charge in [0.1, 0.15) is 5.69 Å². The fraction of sp³-hybridized carbons (Fsp3) is 0.500. The highest BCUT2D eigenvalue weighted by molar-refractivity contribution is 6.00. The van der Waals surface area contributed by atoms with Crippen molar-refractivity contribution in [2.24, 2.45) is 0 Å². The Hall–Kier alpha value is -4.40. The topological polar surface area (TPSA) is 141 Å². The first-order valence-corrected chi connectivity index (χ1v) is 16.0. The van der Waals surface area contributed by atoms with E-state index in [0.717, 1.165) is 31.5 Å². The molecular formula is C32H40N10O4. The summed E-state index contributed by atoms with van der Waals surface area (Å²) in [5.74, 6) is 1.81. The lowest BCUT2D eigenvalue weighted by molar-refractivity contribution is 0.0658. The van der Waals surface area contributed by atoms with Crippen LogP contribution in [-0.2, 0) is 9.47 Å². The van der Waals surface area contributed by atoms with E-state index in [1.54, 1.807) is 17.0 Å². The molecule has 0 spiro atoms. The first kappa shape index (κ1) is 30.3. The zero-order chi connectivity index (χ0) is 31.6. The molecule has 2 bridgehead atoms. The van der Waals surface area contributed by atoms with Crippen LogP contribution in [0.15, 0.2) is 42.6 Å². The van der Waals surface area contributed by atoms with Crippen LogP contribution in [0.25, 0.3) is 11.4 Å². The molecule has 0 radical (unpaired) electrons. The zero-order valence-corrected chi connectivity index (χ0v) is 26.3. The summed E-state index contributed by atoms with van der Waals surface area (Å²) in [6.45, 7) is 8.47. The minimum Gasteiger partial charge on any atom is -0.377 e. The van der Waals surface area contributed by atoms with Gasteiger partial charge in [0.25, 0.3) is 5.91 Å². The van der Waals surface area contributed by atoms with Gasteiger partial charge in [-0.05, 0) is 63.2 Å². The van der Waals surface area contributed by atoms with Crippen LogP contribution in [0.3, 0.4) is 0 Å². The molecule has 4 aliphatic heterocycles. The highest BCUT2D eigenvalue weighted by atomic mass is 16.5. The third kappa shape index (κ3) is 6.46. The van der Waals surface area contributed by atoms with E-state index < -0.39 is 6.03 Å². The smallest absolute Gasteiger partial charge is 0.323 e. The van der Waals surface area contributed by atoms with E-state index in [4.69, 9.17) is 24.4 Å². The molecule has 3 atom stereocenters. The van der Waals surface area contributed by atoms with Crippen LogP contribution in [0, 0.1) is 0 Å². The van der Waals surface area contributed by atoms with Crippen LogP contribution in [0.5, 0.6) is 0 Å². The van der Waals surface area contributed by atoms with Crippen molar-refractivity contribution >= 4 is 35.2 Å². The molecule has 2 unspecified atom stereocenters. The number of anilines is 4. The van der Waals surface area contributed by atoms with Crippen LogP contribution < -0.4 is 20.4 Å². The Morgan fingerprint density at radius 1 is 0.804 bits per heavy atom. The third-order valence-corrected chi connectivity index (χ3v) is 9.14. The number of morpholine rings is 2. The number of nitrogens with one attached hydrogen (secondary N) is 2. The van der Waals surface area contributed by atoms with E-state index >= 15 is 0 Å². The summed E-state index contributed by atoms with van der Waals surface area (Å²) in [4.78, 5) is 53.1. The molecule has 4 aliphatic rings. The number of carbonyl (C=O) groups is 2. The second kappa shape index (κ2) is 13.1. The number of urea groups is 1. The number of hydrogen-bond acceptors (Lipinski definition) is 11. The highest BCUT2D eigenvalue weighted by Crippen LogP contribution is 2.34. The number of benzene rings is 1. The molecule has 0 aliphatic carbocycles. The fourth-order valence-electron chi connectivity index (χ4n) is 6.47. The number of piperazine rings is 1. The monoisotopic (exact) mass is 628 g/mol. The Bertz CT molecular complexity index is 1530. The molecule has 2 aromatic heterocycles. The highest BCUT2D eigenvalue weighted by Gasteiger charge is 2.40. The molecule has 4 fully saturated rings. The molecule has 1 aromatic carbocycles. The summed E-state index contributed by atoms with van der Waals surface area (Å²) in [7, 11) is 2.04. The van der Waals surface area contributed by atoms with Crippen LogP contribution in [0.4, 0.5) is 28.1 Å². The Labute approximate surface area is 268 Å². The second-order valence-electron chi connectivity index (χ2n) is 12.4. The van der Waals surface area contributed by atoms with Crippen LogP contribution in [0.2, 0.25) is 0 Å². The Morgan fingerprint density at radius 3 is 2.20 bits per heavy atom. The Morgan fingerprint density at radius 2 is 1.50 bits per heavy atom. The zero-order valence-electron chi connectivity index (χ0n) is 26.3. The number of nitrogens with zero attached hydrogens (tertiary/aromatic N) is 8. The summed E-state index contributed by atoms with van der Waals surface area (Å²) >= 11 is 0. The van der Waals surface area contributed by atoms with Gasteiger partial charge in [0.15, 0.2) is 5.82 Å². The normalized spacial score (nSPS) is 23.3. The number of amides is 3. The number of hydrogen-bond donors (Lipinski definition) is 2. The number of carbonyl (C=O) groups excluding carboxylic acids is 2. The van der Waals surface area contributed by atoms with Crippen molar-refractivity contribution < 1.29 is 19.1 Å². The van der Waals surface area contributed by atoms with Gasteiger partial charge in [-0.1, -0.05) is 0 Å². The maximum Gasteiger partial charge on any atom is 0.323 e. The van der Waals surface area contributed by atoms with E-state index in [1.165, 1.54) is 6.20 Å². The van der Waals surface area contributed by atoms with E-state index in [1.807, 2.05) is 31.3 Å². The molecule has 46 heavy (non-hydrogen) atoms. The largest absolute Gasteiger partial charge is 0.377 e. The summed E-state index contributed by atoms with van der Waals surface area (Å²) in [6, 6.07) is 11.0. The first-order valence-electron chi connectivity index (χ1n) is 16.0. The van der Waals surface area contributed by atoms with E-state index in [2.05, 4.69) is 37.2 Å². The van der Waals surface area contributed by atoms with Crippen molar-refractivity contribution in [2.45, 2.75) is 37.9 Å². The molecule has 0 saturated carbocycles. The van der Waals surface area contributed by atoms with Gasteiger partial charge in [-0.25, -0.2) is 9.78 Å². The Balaban J connectivity index is 1.03. The lowest BCUT2D eigenvalue weighted by Crippen LogP contribution is -2.48. The van der Waals surface area contributed by atoms with E-state index in [9.17, 15) is 9.59 Å². The lowest BCUT2D eigenvalue weighted by Gasteiger charge is -2.36. The van der Waals surface area contributed by atoms with E-state index in [-0.39, 0.29) is 24.0 Å². The number of aromatic nitrogens is 4. The van der Waals surface area contributed by atoms with Crippen molar-refractivity contribution in [2.75, 3.05) is 86.6 Å². The number of fused-ring (bicyclic) bond motifs is 2. The van der Waals surface area contributed by atoms with Gasteiger partial charge in [-0.15, -0.1) is 0 Å². The van der Waals surface area contributed by atoms with Crippen molar-refractivity contribution in [3.63, 3.8) is 0 Å². The van der Waals surface area contributed by atoms with Gasteiger partial charge in [-0.3, -0.25) is 4.79 Å². The molecule has 6 heterocycles. The van der Waals surface area contributed by atoms with E-state index in [0.29, 0.717) is 80.9 Å². The summed E-state index contributed by atoms with van der Waals surface area (Å²) in [5, 5.41) is 5.64. The van der Waals surface area contributed by atoms with Crippen molar-refractivity contribution in [1.29, 1.82) is 0 Å². The van der Waals surface area contributed by atoms with Gasteiger partial charge < -0.3 is 39.7 Å². The van der Waals surface area contributed by atoms with Crippen molar-refractivity contribution in [1.82, 2.24) is 29.7 Å². The standard InChI is InChI=1S/C32H40N10O4/c1-21-18-45-16-15-41(21)30-36-28(37-31(38-30)42-25-8-9-26(42)20-46-19-25)22-3-5-23(6-4-22)34-32(44)35-24-7-10-27(33-17-24)29(43)40-13-11-39(2)12-14-40/h3-7,10,17,21,25-26H,8-9,11-16,18-20H2,1-2H3,(H2,34,35,44)/t21-,25?,26?/m1/s1. The van der Waals surface area contributed by atoms with Gasteiger partial charge in [0, 0.05) is 44.0 Å². The summed E-state index contributed by atoms with van der Waals surface area (Å²) in [5.41, 5.74) is 2.28. The predicted molar refractivity (Wildman–Crippen MR) is 173 cm³/mol. The number of likely N-dealkylation sites (N-methyl/N-ethyl adjacent to an activating group) is 1. The second-order valence-corrected chi connectivity index (χ2v) is 12.4. The first-order chi connectivity index (χ1) is 22.4. The molecule has 14 heteroatoms. The minimum atomic E-state index is -0.415. The molecular weight excluding hydrogens is 588 g/mol. The third-order valence-electron chi connectivity index (χ3n) is 9.14. The maximum absolute atomic E-state index is 12.8. The molecule has 3 amide bonds. The molecule has 14 nitrogen and oxygen atoms in total. The van der Waals surface area contributed by atoms with Gasteiger partial charge >= 0.3 is 6.03 Å². The maximum atomic E-state index is 12.8. The fourth-order valence-corrected chi connectivity index (χ4v) is 6.47.